The summed E-state index contributed by atoms with van der Waals surface area (Å²) in [6, 6.07) is 11.3. The molecule has 1 aromatic carbocycles. The fourth-order valence-corrected chi connectivity index (χ4v) is 2.87. The summed E-state index contributed by atoms with van der Waals surface area (Å²) < 4.78 is 0. The summed E-state index contributed by atoms with van der Waals surface area (Å²) in [5, 5.41) is 15.9. The highest BCUT2D eigenvalue weighted by Crippen LogP contribution is 2.23. The minimum Gasteiger partial charge on any atom is -0.396 e. The third kappa shape index (κ3) is 4.53. The minimum absolute atomic E-state index is 0.237. The van der Waals surface area contributed by atoms with Crippen molar-refractivity contribution >= 4 is 5.69 Å². The smallest absolute Gasteiger partial charge is 0.0532 e. The third-order valence-electron chi connectivity index (χ3n) is 4.37. The van der Waals surface area contributed by atoms with Crippen LogP contribution in [0.1, 0.15) is 24.8 Å². The van der Waals surface area contributed by atoms with Gasteiger partial charge in [0.25, 0.3) is 0 Å². The molecule has 0 aliphatic carbocycles. The summed E-state index contributed by atoms with van der Waals surface area (Å²) >= 11 is 0. The molecular formula is C19H25N3O. The molecule has 2 heterocycles. The van der Waals surface area contributed by atoms with Crippen molar-refractivity contribution < 1.29 is 5.11 Å². The van der Waals surface area contributed by atoms with Crippen LogP contribution in [0.3, 0.4) is 0 Å². The van der Waals surface area contributed by atoms with E-state index in [9.17, 15) is 0 Å². The van der Waals surface area contributed by atoms with Crippen LogP contribution in [-0.2, 0) is 6.42 Å². The summed E-state index contributed by atoms with van der Waals surface area (Å²) in [6.45, 7) is 2.37. The van der Waals surface area contributed by atoms with Crippen LogP contribution in [0, 0.1) is 0 Å². The van der Waals surface area contributed by atoms with Crippen molar-refractivity contribution in [2.45, 2.75) is 31.7 Å². The molecule has 1 aliphatic rings. The molecular weight excluding hydrogens is 286 g/mol. The Hall–Kier alpha value is -1.91. The molecule has 0 amide bonds. The van der Waals surface area contributed by atoms with Gasteiger partial charge >= 0.3 is 0 Å². The Morgan fingerprint density at radius 2 is 2.13 bits per heavy atom. The van der Waals surface area contributed by atoms with E-state index >= 15 is 0 Å². The summed E-state index contributed by atoms with van der Waals surface area (Å²) in [4.78, 5) is 4.37. The second-order valence-electron chi connectivity index (χ2n) is 6.15. The van der Waals surface area contributed by atoms with Crippen molar-refractivity contribution in [3.05, 3.63) is 48.3 Å². The summed E-state index contributed by atoms with van der Waals surface area (Å²) in [6.07, 6.45) is 7.95. The maximum Gasteiger partial charge on any atom is 0.0532 e. The van der Waals surface area contributed by atoms with E-state index in [1.54, 1.807) is 0 Å². The van der Waals surface area contributed by atoms with Gasteiger partial charge in [0.2, 0.25) is 0 Å². The molecule has 1 aliphatic heterocycles. The predicted molar refractivity (Wildman–Crippen MR) is 94.6 cm³/mol. The summed E-state index contributed by atoms with van der Waals surface area (Å²) in [5.74, 6) is 0. The van der Waals surface area contributed by atoms with Gasteiger partial charge in [0.05, 0.1) is 5.69 Å². The molecule has 4 heteroatoms. The summed E-state index contributed by atoms with van der Waals surface area (Å²) in [5.41, 5.74) is 4.63. The molecule has 0 bridgehead atoms. The number of nitrogens with zero attached hydrogens (tertiary/aromatic N) is 1. The van der Waals surface area contributed by atoms with Crippen molar-refractivity contribution in [2.75, 3.05) is 25.0 Å². The van der Waals surface area contributed by atoms with Crippen molar-refractivity contribution in [2.24, 2.45) is 0 Å². The quantitative estimate of drug-likeness (QED) is 0.702. The normalized spacial score (nSPS) is 16.8. The van der Waals surface area contributed by atoms with E-state index in [1.807, 2.05) is 12.4 Å². The highest BCUT2D eigenvalue weighted by atomic mass is 16.2. The van der Waals surface area contributed by atoms with Crippen LogP contribution in [-0.4, -0.2) is 35.8 Å². The Morgan fingerprint density at radius 1 is 1.22 bits per heavy atom. The topological polar surface area (TPSA) is 57.2 Å². The number of aromatic nitrogens is 1. The van der Waals surface area contributed by atoms with Gasteiger partial charge < -0.3 is 15.7 Å². The molecule has 3 N–H and O–H groups in total. The molecule has 0 saturated carbocycles. The second kappa shape index (κ2) is 8.09. The van der Waals surface area contributed by atoms with Gasteiger partial charge in [-0.05, 0) is 49.4 Å². The van der Waals surface area contributed by atoms with Crippen LogP contribution < -0.4 is 10.6 Å². The first kappa shape index (κ1) is 16.0. The molecule has 0 radical (unpaired) electrons. The summed E-state index contributed by atoms with van der Waals surface area (Å²) in [7, 11) is 0. The minimum atomic E-state index is 0.237. The zero-order chi connectivity index (χ0) is 15.9. The lowest BCUT2D eigenvalue weighted by molar-refractivity contribution is 0.288. The van der Waals surface area contributed by atoms with Crippen LogP contribution in [0.15, 0.2) is 42.7 Å². The van der Waals surface area contributed by atoms with Crippen molar-refractivity contribution in [1.29, 1.82) is 0 Å². The first-order valence-electron chi connectivity index (χ1n) is 8.47. The van der Waals surface area contributed by atoms with Gasteiger partial charge in [-0.25, -0.2) is 0 Å². The molecule has 4 nitrogen and oxygen atoms in total. The van der Waals surface area contributed by atoms with Gasteiger partial charge in [0.15, 0.2) is 0 Å². The molecule has 2 aromatic rings. The van der Waals surface area contributed by atoms with E-state index in [0.717, 1.165) is 43.6 Å². The number of rotatable bonds is 8. The SMILES string of the molecule is OCCCc1cccc(-c2cncc(NCCC3CCN3)c2)c1. The molecule has 3 rings (SSSR count). The van der Waals surface area contributed by atoms with Crippen LogP contribution in [0.25, 0.3) is 11.1 Å². The van der Waals surface area contributed by atoms with Crippen molar-refractivity contribution in [1.82, 2.24) is 10.3 Å². The van der Waals surface area contributed by atoms with E-state index in [4.69, 9.17) is 5.11 Å². The average molecular weight is 311 g/mol. The zero-order valence-electron chi connectivity index (χ0n) is 13.5. The highest BCUT2D eigenvalue weighted by molar-refractivity contribution is 5.67. The molecule has 122 valence electrons. The number of aryl methyl sites for hydroxylation is 1. The molecule has 1 unspecified atom stereocenters. The first-order chi connectivity index (χ1) is 11.3. The van der Waals surface area contributed by atoms with Gasteiger partial charge in [-0.15, -0.1) is 0 Å². The molecule has 1 aromatic heterocycles. The molecule has 1 atom stereocenters. The van der Waals surface area contributed by atoms with Gasteiger partial charge in [0.1, 0.15) is 0 Å². The number of aliphatic hydroxyl groups is 1. The van der Waals surface area contributed by atoms with E-state index in [0.29, 0.717) is 6.04 Å². The van der Waals surface area contributed by atoms with Gasteiger partial charge in [-0.1, -0.05) is 24.3 Å². The Bertz CT molecular complexity index is 626. The molecule has 1 saturated heterocycles. The zero-order valence-corrected chi connectivity index (χ0v) is 13.5. The van der Waals surface area contributed by atoms with E-state index in [-0.39, 0.29) is 6.61 Å². The van der Waals surface area contributed by atoms with E-state index in [1.165, 1.54) is 17.5 Å². The number of hydrogen-bond donors (Lipinski definition) is 3. The van der Waals surface area contributed by atoms with E-state index < -0.39 is 0 Å². The molecule has 1 fully saturated rings. The fourth-order valence-electron chi connectivity index (χ4n) is 2.87. The van der Waals surface area contributed by atoms with Crippen LogP contribution in [0.4, 0.5) is 5.69 Å². The van der Waals surface area contributed by atoms with Crippen molar-refractivity contribution in [3.63, 3.8) is 0 Å². The number of benzene rings is 1. The lowest BCUT2D eigenvalue weighted by atomic mass is 10.0. The number of pyridine rings is 1. The second-order valence-corrected chi connectivity index (χ2v) is 6.15. The monoisotopic (exact) mass is 311 g/mol. The fraction of sp³-hybridized carbons (Fsp3) is 0.421. The number of nitrogens with one attached hydrogen (secondary N) is 2. The number of aliphatic hydroxyl groups excluding tert-OH is 1. The average Bonchev–Trinajstić information content (AvgIpc) is 2.56. The van der Waals surface area contributed by atoms with Gasteiger partial charge in [-0.2, -0.15) is 0 Å². The Kier molecular flexibility index (Phi) is 5.61. The number of hydrogen-bond acceptors (Lipinski definition) is 4. The standard InChI is InChI=1S/C19H25N3O/c23-10-2-4-15-3-1-5-16(11-15)17-12-19(14-20-13-17)22-9-7-18-6-8-21-18/h1,3,5,11-14,18,21-23H,2,4,6-10H2. The lowest BCUT2D eigenvalue weighted by Gasteiger charge is -2.27. The molecule has 0 spiro atoms. The Labute approximate surface area is 138 Å². The number of anilines is 1. The largest absolute Gasteiger partial charge is 0.396 e. The maximum absolute atomic E-state index is 8.97. The first-order valence-corrected chi connectivity index (χ1v) is 8.47. The third-order valence-corrected chi connectivity index (χ3v) is 4.37. The van der Waals surface area contributed by atoms with E-state index in [2.05, 4.69) is 45.9 Å². The molecule has 23 heavy (non-hydrogen) atoms. The van der Waals surface area contributed by atoms with Gasteiger partial charge in [-0.3, -0.25) is 4.98 Å². The Morgan fingerprint density at radius 3 is 2.91 bits per heavy atom. The van der Waals surface area contributed by atoms with Gasteiger partial charge in [0, 0.05) is 37.2 Å². The Balaban J connectivity index is 1.63. The predicted octanol–water partition coefficient (Wildman–Crippen LogP) is 2.84. The lowest BCUT2D eigenvalue weighted by Crippen LogP contribution is -2.43. The van der Waals surface area contributed by atoms with Crippen LogP contribution in [0.5, 0.6) is 0 Å². The van der Waals surface area contributed by atoms with Crippen LogP contribution in [0.2, 0.25) is 0 Å². The van der Waals surface area contributed by atoms with Crippen LogP contribution >= 0.6 is 0 Å². The highest BCUT2D eigenvalue weighted by Gasteiger charge is 2.14. The van der Waals surface area contributed by atoms with Crippen molar-refractivity contribution in [3.8, 4) is 11.1 Å². The maximum atomic E-state index is 8.97.